The first kappa shape index (κ1) is 24.6. The molecule has 7 nitrogen and oxygen atoms in total. The van der Waals surface area contributed by atoms with E-state index in [9.17, 15) is 31.5 Å². The highest BCUT2D eigenvalue weighted by Gasteiger charge is 2.38. The Morgan fingerprint density at radius 1 is 1.10 bits per heavy atom. The first-order valence-electron chi connectivity index (χ1n) is 9.37. The Morgan fingerprint density at radius 3 is 2.29 bits per heavy atom. The molecule has 0 radical (unpaired) electrons. The van der Waals surface area contributed by atoms with E-state index in [-0.39, 0.29) is 19.4 Å². The number of carboxylic acid groups (broad SMARTS) is 1. The van der Waals surface area contributed by atoms with Crippen molar-refractivity contribution >= 4 is 16.0 Å². The van der Waals surface area contributed by atoms with Gasteiger partial charge in [0.05, 0.1) is 0 Å². The molecular weight excluding hydrogens is 437 g/mol. The summed E-state index contributed by atoms with van der Waals surface area (Å²) < 4.78 is 69.7. The van der Waals surface area contributed by atoms with Gasteiger partial charge in [0.1, 0.15) is 17.2 Å². The van der Waals surface area contributed by atoms with E-state index in [4.69, 9.17) is 5.73 Å². The Kier molecular flexibility index (Phi) is 8.43. The van der Waals surface area contributed by atoms with Crippen LogP contribution in [-0.2, 0) is 21.2 Å². The Balaban J connectivity index is 2.52. The zero-order chi connectivity index (χ0) is 23.1. The molecule has 3 N–H and O–H groups in total. The van der Waals surface area contributed by atoms with E-state index < -0.39 is 45.6 Å². The summed E-state index contributed by atoms with van der Waals surface area (Å²) in [4.78, 5) is 10.7. The highest BCUT2D eigenvalue weighted by atomic mass is 32.2. The van der Waals surface area contributed by atoms with Gasteiger partial charge >= 0.3 is 12.3 Å². The molecule has 0 saturated heterocycles. The van der Waals surface area contributed by atoms with E-state index in [0.29, 0.717) is 10.7 Å². The maximum absolute atomic E-state index is 13.4. The Labute approximate surface area is 178 Å². The van der Waals surface area contributed by atoms with Gasteiger partial charge in [-0.05, 0) is 43.5 Å². The average Bonchev–Trinajstić information content (AvgIpc) is 2.69. The van der Waals surface area contributed by atoms with Crippen molar-refractivity contribution < 1.29 is 36.2 Å². The fraction of sp³-hybridized carbons (Fsp3) is 0.350. The number of ether oxygens (including phenoxy) is 1. The van der Waals surface area contributed by atoms with Gasteiger partial charge in [-0.25, -0.2) is 8.42 Å². The van der Waals surface area contributed by atoms with Crippen LogP contribution in [-0.4, -0.2) is 49.3 Å². The number of benzene rings is 2. The molecule has 1 atom stereocenters. The van der Waals surface area contributed by atoms with Crippen LogP contribution in [0.4, 0.5) is 13.2 Å². The number of hydrogen-bond donors (Lipinski definition) is 2. The molecule has 0 aliphatic carbocycles. The first-order chi connectivity index (χ1) is 14.5. The third kappa shape index (κ3) is 7.23. The fourth-order valence-corrected chi connectivity index (χ4v) is 4.85. The van der Waals surface area contributed by atoms with Gasteiger partial charge in [-0.2, -0.15) is 4.31 Å². The summed E-state index contributed by atoms with van der Waals surface area (Å²) in [5, 5.41) is 9.35. The number of halogens is 3. The van der Waals surface area contributed by atoms with Crippen LogP contribution in [0.5, 0.6) is 5.75 Å². The standard InChI is InChI=1S/C20H23F3N2O5S/c21-20(22,23)30-17-10-4-5-11-18(17)31(28,29)25(14-19(26)27)16(9-6-12-24)13-15-7-2-1-3-8-15/h1-5,7-8,10-11,16H,6,9,12-14,24H2,(H,26,27)/t16-/m0/s1. The lowest BCUT2D eigenvalue weighted by atomic mass is 10.0. The summed E-state index contributed by atoms with van der Waals surface area (Å²) in [6.45, 7) is -0.690. The molecule has 170 valence electrons. The Bertz CT molecular complexity index is 968. The number of carbonyl (C=O) groups is 1. The van der Waals surface area contributed by atoms with Crippen LogP contribution < -0.4 is 10.5 Å². The van der Waals surface area contributed by atoms with Gasteiger partial charge in [0.2, 0.25) is 10.0 Å². The summed E-state index contributed by atoms with van der Waals surface area (Å²) in [6.07, 6.45) is -4.34. The highest BCUT2D eigenvalue weighted by molar-refractivity contribution is 7.89. The molecule has 0 saturated carbocycles. The molecule has 0 unspecified atom stereocenters. The minimum absolute atomic E-state index is 0.162. The van der Waals surface area contributed by atoms with Gasteiger partial charge in [-0.1, -0.05) is 42.5 Å². The van der Waals surface area contributed by atoms with Crippen molar-refractivity contribution in [1.29, 1.82) is 0 Å². The molecule has 2 rings (SSSR count). The third-order valence-electron chi connectivity index (χ3n) is 4.42. The Hall–Kier alpha value is -2.63. The van der Waals surface area contributed by atoms with E-state index in [1.807, 2.05) is 0 Å². The number of para-hydroxylation sites is 1. The van der Waals surface area contributed by atoms with E-state index in [2.05, 4.69) is 4.74 Å². The SMILES string of the molecule is NCCC[C@@H](Cc1ccccc1)N(CC(=O)O)S(=O)(=O)c1ccccc1OC(F)(F)F. The van der Waals surface area contributed by atoms with Crippen molar-refractivity contribution in [2.75, 3.05) is 13.1 Å². The molecule has 0 spiro atoms. The number of sulfonamides is 1. The van der Waals surface area contributed by atoms with Gasteiger partial charge < -0.3 is 15.6 Å². The maximum atomic E-state index is 13.4. The molecule has 11 heteroatoms. The summed E-state index contributed by atoms with van der Waals surface area (Å²) in [6, 6.07) is 12.2. The second-order valence-corrected chi connectivity index (χ2v) is 8.57. The summed E-state index contributed by atoms with van der Waals surface area (Å²) >= 11 is 0. The topological polar surface area (TPSA) is 110 Å². The number of nitrogens with zero attached hydrogens (tertiary/aromatic N) is 1. The highest BCUT2D eigenvalue weighted by Crippen LogP contribution is 2.33. The van der Waals surface area contributed by atoms with Crippen LogP contribution in [0.15, 0.2) is 59.5 Å². The molecule has 0 aliphatic heterocycles. The molecule has 2 aromatic carbocycles. The second kappa shape index (κ2) is 10.6. The van der Waals surface area contributed by atoms with Crippen LogP contribution >= 0.6 is 0 Å². The zero-order valence-electron chi connectivity index (χ0n) is 16.5. The summed E-state index contributed by atoms with van der Waals surface area (Å²) in [7, 11) is -4.66. The minimum atomic E-state index is -5.12. The summed E-state index contributed by atoms with van der Waals surface area (Å²) in [5.74, 6) is -2.37. The quantitative estimate of drug-likeness (QED) is 0.534. The van der Waals surface area contributed by atoms with Gasteiger partial charge in [0, 0.05) is 6.04 Å². The third-order valence-corrected chi connectivity index (χ3v) is 6.35. The van der Waals surface area contributed by atoms with Gasteiger partial charge in [0.15, 0.2) is 0 Å². The van der Waals surface area contributed by atoms with Crippen LogP contribution in [0.1, 0.15) is 18.4 Å². The van der Waals surface area contributed by atoms with E-state index in [0.717, 1.165) is 17.7 Å². The molecule has 0 fully saturated rings. The molecule has 2 aromatic rings. The van der Waals surface area contributed by atoms with Gasteiger partial charge in [0.25, 0.3) is 0 Å². The van der Waals surface area contributed by atoms with Crippen molar-refractivity contribution in [2.45, 2.75) is 36.6 Å². The van der Waals surface area contributed by atoms with Crippen molar-refractivity contribution in [3.05, 3.63) is 60.2 Å². The van der Waals surface area contributed by atoms with Crippen LogP contribution in [0.25, 0.3) is 0 Å². The number of rotatable bonds is 11. The van der Waals surface area contributed by atoms with Crippen molar-refractivity contribution in [3.63, 3.8) is 0 Å². The number of hydrogen-bond acceptors (Lipinski definition) is 5. The number of carboxylic acids is 1. The van der Waals surface area contributed by atoms with Crippen LogP contribution in [0, 0.1) is 0 Å². The zero-order valence-corrected chi connectivity index (χ0v) is 17.3. The minimum Gasteiger partial charge on any atom is -0.480 e. The molecular formula is C20H23F3N2O5S. The Morgan fingerprint density at radius 2 is 1.71 bits per heavy atom. The van der Waals surface area contributed by atoms with Crippen LogP contribution in [0.2, 0.25) is 0 Å². The molecule has 0 bridgehead atoms. The predicted octanol–water partition coefficient (Wildman–Crippen LogP) is 3.01. The number of aliphatic carboxylic acids is 1. The van der Waals surface area contributed by atoms with E-state index >= 15 is 0 Å². The molecule has 0 heterocycles. The smallest absolute Gasteiger partial charge is 0.480 e. The fourth-order valence-electron chi connectivity index (χ4n) is 3.13. The molecule has 0 aliphatic rings. The lowest BCUT2D eigenvalue weighted by molar-refractivity contribution is -0.275. The van der Waals surface area contributed by atoms with Gasteiger partial charge in [-0.3, -0.25) is 4.79 Å². The lowest BCUT2D eigenvalue weighted by Crippen LogP contribution is -2.45. The molecule has 0 amide bonds. The van der Waals surface area contributed by atoms with Crippen molar-refractivity contribution in [2.24, 2.45) is 5.73 Å². The van der Waals surface area contributed by atoms with Crippen LogP contribution in [0.3, 0.4) is 0 Å². The first-order valence-corrected chi connectivity index (χ1v) is 10.8. The largest absolute Gasteiger partial charge is 0.573 e. The summed E-state index contributed by atoms with van der Waals surface area (Å²) in [5.41, 5.74) is 6.30. The van der Waals surface area contributed by atoms with Crippen molar-refractivity contribution in [1.82, 2.24) is 4.31 Å². The van der Waals surface area contributed by atoms with Crippen molar-refractivity contribution in [3.8, 4) is 5.75 Å². The van der Waals surface area contributed by atoms with Gasteiger partial charge in [-0.15, -0.1) is 13.2 Å². The number of nitrogens with two attached hydrogens (primary N) is 1. The number of alkyl halides is 3. The maximum Gasteiger partial charge on any atom is 0.573 e. The predicted molar refractivity (Wildman–Crippen MR) is 107 cm³/mol. The van der Waals surface area contributed by atoms with E-state index in [1.54, 1.807) is 30.3 Å². The second-order valence-electron chi connectivity index (χ2n) is 6.71. The molecule has 0 aromatic heterocycles. The lowest BCUT2D eigenvalue weighted by Gasteiger charge is -2.30. The monoisotopic (exact) mass is 460 g/mol. The normalized spacial score (nSPS) is 13.2. The average molecular weight is 460 g/mol. The molecule has 31 heavy (non-hydrogen) atoms. The van der Waals surface area contributed by atoms with E-state index in [1.165, 1.54) is 12.1 Å².